The third kappa shape index (κ3) is 2.67. The molecule has 2 rings (SSSR count). The summed E-state index contributed by atoms with van der Waals surface area (Å²) in [6.07, 6.45) is 9.99. The van der Waals surface area contributed by atoms with Gasteiger partial charge in [-0.2, -0.15) is 0 Å². The summed E-state index contributed by atoms with van der Waals surface area (Å²) in [6.45, 7) is 0. The average Bonchev–Trinajstić information content (AvgIpc) is 2.79. The van der Waals surface area contributed by atoms with Gasteiger partial charge in [-0.15, -0.1) is 0 Å². The number of rotatable bonds is 4. The summed E-state index contributed by atoms with van der Waals surface area (Å²) in [5, 5.41) is 0. The summed E-state index contributed by atoms with van der Waals surface area (Å²) in [5.41, 5.74) is 0. The lowest BCUT2D eigenvalue weighted by Gasteiger charge is -2.07. The number of hydrogen-bond donors (Lipinski definition) is 0. The summed E-state index contributed by atoms with van der Waals surface area (Å²) in [6, 6.07) is 0. The maximum Gasteiger partial charge on any atom is 0.140 e. The molecule has 1 aromatic rings. The Labute approximate surface area is 90.5 Å². The topological polar surface area (TPSA) is 34.9 Å². The predicted molar refractivity (Wildman–Crippen MR) is 58.5 cm³/mol. The van der Waals surface area contributed by atoms with Gasteiger partial charge in [0.15, 0.2) is 0 Å². The van der Waals surface area contributed by atoms with Crippen molar-refractivity contribution in [3.8, 4) is 0 Å². The third-order valence-corrected chi connectivity index (χ3v) is 3.27. The van der Waals surface area contributed by atoms with Crippen molar-refractivity contribution < 1.29 is 4.79 Å². The number of hydrogen-bond acceptors (Lipinski definition) is 2. The molecule has 1 fully saturated rings. The summed E-state index contributed by atoms with van der Waals surface area (Å²) in [5.74, 6) is 1.88. The zero-order chi connectivity index (χ0) is 10.7. The minimum atomic E-state index is 0.344. The Bertz CT molecular complexity index is 337. The molecule has 0 saturated heterocycles. The Morgan fingerprint density at radius 1 is 1.53 bits per heavy atom. The monoisotopic (exact) mass is 206 g/mol. The van der Waals surface area contributed by atoms with E-state index in [-0.39, 0.29) is 0 Å². The molecule has 0 atom stereocenters. The first-order valence-corrected chi connectivity index (χ1v) is 5.73. The highest BCUT2D eigenvalue weighted by molar-refractivity contribution is 5.80. The first-order valence-electron chi connectivity index (χ1n) is 5.73. The number of ketones is 1. The molecule has 1 aliphatic carbocycles. The minimum absolute atomic E-state index is 0.344. The van der Waals surface area contributed by atoms with Gasteiger partial charge in [0.1, 0.15) is 11.6 Å². The quantitative estimate of drug-likeness (QED) is 0.756. The first-order chi connectivity index (χ1) is 7.25. The fourth-order valence-corrected chi connectivity index (χ4v) is 2.35. The molecule has 15 heavy (non-hydrogen) atoms. The standard InChI is InChI=1S/C12H18N2O/c1-14-7-6-13-12(14)9-11(15)8-10-4-2-3-5-10/h6-7,10H,2-5,8-9H2,1H3. The second-order valence-electron chi connectivity index (χ2n) is 4.52. The molecule has 82 valence electrons. The van der Waals surface area contributed by atoms with Gasteiger partial charge in [-0.05, 0) is 5.92 Å². The van der Waals surface area contributed by atoms with E-state index in [2.05, 4.69) is 4.98 Å². The van der Waals surface area contributed by atoms with E-state index in [0.29, 0.717) is 18.1 Å². The summed E-state index contributed by atoms with van der Waals surface area (Å²) in [4.78, 5) is 15.9. The summed E-state index contributed by atoms with van der Waals surface area (Å²) < 4.78 is 1.92. The van der Waals surface area contributed by atoms with Crippen LogP contribution in [0.1, 0.15) is 37.9 Å². The SMILES string of the molecule is Cn1ccnc1CC(=O)CC1CCCC1. The van der Waals surface area contributed by atoms with Gasteiger partial charge in [0, 0.05) is 25.9 Å². The van der Waals surface area contributed by atoms with Crippen LogP contribution in [0.4, 0.5) is 0 Å². The predicted octanol–water partition coefficient (Wildman–Crippen LogP) is 2.11. The second kappa shape index (κ2) is 4.60. The van der Waals surface area contributed by atoms with Gasteiger partial charge in [-0.3, -0.25) is 4.79 Å². The molecule has 1 saturated carbocycles. The smallest absolute Gasteiger partial charge is 0.140 e. The Kier molecular flexibility index (Phi) is 3.19. The van der Waals surface area contributed by atoms with Crippen molar-refractivity contribution in [1.29, 1.82) is 0 Å². The number of nitrogens with zero attached hydrogens (tertiary/aromatic N) is 2. The number of carbonyl (C=O) groups excluding carboxylic acids is 1. The van der Waals surface area contributed by atoms with Crippen molar-refractivity contribution in [3.63, 3.8) is 0 Å². The molecule has 1 aromatic heterocycles. The van der Waals surface area contributed by atoms with Gasteiger partial charge in [0.25, 0.3) is 0 Å². The van der Waals surface area contributed by atoms with Crippen LogP contribution in [0.3, 0.4) is 0 Å². The molecule has 0 bridgehead atoms. The Hall–Kier alpha value is -1.12. The molecule has 0 radical (unpaired) electrons. The minimum Gasteiger partial charge on any atom is -0.338 e. The summed E-state index contributed by atoms with van der Waals surface area (Å²) in [7, 11) is 1.94. The maximum absolute atomic E-state index is 11.8. The van der Waals surface area contributed by atoms with E-state index in [1.165, 1.54) is 25.7 Å². The van der Waals surface area contributed by atoms with Crippen LogP contribution in [0, 0.1) is 5.92 Å². The lowest BCUT2D eigenvalue weighted by Crippen LogP contribution is -2.11. The highest BCUT2D eigenvalue weighted by Gasteiger charge is 2.19. The van der Waals surface area contributed by atoms with Crippen molar-refractivity contribution in [1.82, 2.24) is 9.55 Å². The maximum atomic E-state index is 11.8. The third-order valence-electron chi connectivity index (χ3n) is 3.27. The van der Waals surface area contributed by atoms with Crippen LogP contribution in [-0.4, -0.2) is 15.3 Å². The van der Waals surface area contributed by atoms with E-state index in [9.17, 15) is 4.79 Å². The molecular weight excluding hydrogens is 188 g/mol. The van der Waals surface area contributed by atoms with E-state index in [1.807, 2.05) is 17.8 Å². The molecule has 0 unspecified atom stereocenters. The van der Waals surface area contributed by atoms with Crippen LogP contribution >= 0.6 is 0 Å². The molecule has 0 aromatic carbocycles. The van der Waals surface area contributed by atoms with Gasteiger partial charge >= 0.3 is 0 Å². The van der Waals surface area contributed by atoms with E-state index >= 15 is 0 Å². The highest BCUT2D eigenvalue weighted by atomic mass is 16.1. The first kappa shape index (κ1) is 10.4. The molecule has 1 heterocycles. The molecule has 3 heteroatoms. The number of imidazole rings is 1. The molecular formula is C12H18N2O. The largest absolute Gasteiger partial charge is 0.338 e. The highest BCUT2D eigenvalue weighted by Crippen LogP contribution is 2.27. The number of carbonyl (C=O) groups is 1. The van der Waals surface area contributed by atoms with Gasteiger partial charge < -0.3 is 4.57 Å². The summed E-state index contributed by atoms with van der Waals surface area (Å²) >= 11 is 0. The average molecular weight is 206 g/mol. The van der Waals surface area contributed by atoms with Crippen LogP contribution in [0.5, 0.6) is 0 Å². The molecule has 0 N–H and O–H groups in total. The second-order valence-corrected chi connectivity index (χ2v) is 4.52. The molecule has 3 nitrogen and oxygen atoms in total. The van der Waals surface area contributed by atoms with Crippen LogP contribution in [-0.2, 0) is 18.3 Å². The fraction of sp³-hybridized carbons (Fsp3) is 0.667. The van der Waals surface area contributed by atoms with Gasteiger partial charge in [0.05, 0.1) is 6.42 Å². The van der Waals surface area contributed by atoms with Gasteiger partial charge in [-0.1, -0.05) is 25.7 Å². The van der Waals surface area contributed by atoms with E-state index in [4.69, 9.17) is 0 Å². The van der Waals surface area contributed by atoms with Crippen molar-refractivity contribution in [2.45, 2.75) is 38.5 Å². The Morgan fingerprint density at radius 3 is 2.87 bits per heavy atom. The van der Waals surface area contributed by atoms with Crippen LogP contribution in [0.25, 0.3) is 0 Å². The normalized spacial score (nSPS) is 17.1. The molecule has 1 aliphatic rings. The van der Waals surface area contributed by atoms with Gasteiger partial charge in [0.2, 0.25) is 0 Å². The Morgan fingerprint density at radius 2 is 2.27 bits per heavy atom. The zero-order valence-electron chi connectivity index (χ0n) is 9.28. The number of aromatic nitrogens is 2. The fourth-order valence-electron chi connectivity index (χ4n) is 2.35. The molecule has 0 aliphatic heterocycles. The molecule has 0 spiro atoms. The van der Waals surface area contributed by atoms with E-state index < -0.39 is 0 Å². The van der Waals surface area contributed by atoms with Crippen LogP contribution < -0.4 is 0 Å². The lowest BCUT2D eigenvalue weighted by molar-refractivity contribution is -0.119. The van der Waals surface area contributed by atoms with E-state index in [0.717, 1.165) is 12.2 Å². The van der Waals surface area contributed by atoms with E-state index in [1.54, 1.807) is 6.20 Å². The zero-order valence-corrected chi connectivity index (χ0v) is 9.28. The number of aryl methyl sites for hydroxylation is 1. The van der Waals surface area contributed by atoms with Crippen LogP contribution in [0.2, 0.25) is 0 Å². The van der Waals surface area contributed by atoms with Crippen LogP contribution in [0.15, 0.2) is 12.4 Å². The van der Waals surface area contributed by atoms with Crippen molar-refractivity contribution >= 4 is 5.78 Å². The Balaban J connectivity index is 1.84. The van der Waals surface area contributed by atoms with Crippen molar-refractivity contribution in [3.05, 3.63) is 18.2 Å². The van der Waals surface area contributed by atoms with Crippen molar-refractivity contribution in [2.75, 3.05) is 0 Å². The number of Topliss-reactive ketones (excluding diaryl/α,β-unsaturated/α-hetero) is 1. The molecule has 0 amide bonds. The van der Waals surface area contributed by atoms with Crippen molar-refractivity contribution in [2.24, 2.45) is 13.0 Å². The van der Waals surface area contributed by atoms with Gasteiger partial charge in [-0.25, -0.2) is 4.98 Å². The lowest BCUT2D eigenvalue weighted by atomic mass is 9.99.